The van der Waals surface area contributed by atoms with Crippen molar-refractivity contribution in [1.29, 1.82) is 0 Å². The topological polar surface area (TPSA) is 58.9 Å². The lowest BCUT2D eigenvalue weighted by Crippen LogP contribution is -2.41. The summed E-state index contributed by atoms with van der Waals surface area (Å²) in [5, 5.41) is 18.2. The number of rotatable bonds is 3. The van der Waals surface area contributed by atoms with Gasteiger partial charge in [-0.15, -0.1) is 0 Å². The zero-order chi connectivity index (χ0) is 9.19. The van der Waals surface area contributed by atoms with Crippen LogP contribution in [0.2, 0.25) is 0 Å². The third-order valence-corrected chi connectivity index (χ3v) is 2.21. The zero-order valence-corrected chi connectivity index (χ0v) is 7.49. The van der Waals surface area contributed by atoms with Crippen molar-refractivity contribution >= 4 is 0 Å². The first-order valence-corrected chi connectivity index (χ1v) is 4.25. The number of aliphatic hydroxyl groups excluding tert-OH is 2. The Labute approximate surface area is 72.1 Å². The largest absolute Gasteiger partial charge is 0.394 e. The van der Waals surface area contributed by atoms with E-state index < -0.39 is 11.9 Å². The Balaban J connectivity index is 2.59. The van der Waals surface area contributed by atoms with E-state index in [1.807, 2.05) is 6.92 Å². The Morgan fingerprint density at radius 3 is 2.58 bits per heavy atom. The van der Waals surface area contributed by atoms with Crippen molar-refractivity contribution in [1.82, 2.24) is 0 Å². The normalized spacial score (nSPS) is 38.5. The highest BCUT2D eigenvalue weighted by Crippen LogP contribution is 2.30. The Morgan fingerprint density at radius 1 is 1.67 bits per heavy atom. The molecule has 4 heteroatoms. The second kappa shape index (κ2) is 3.70. The molecule has 0 bridgehead atoms. The van der Waals surface area contributed by atoms with Crippen LogP contribution in [0, 0.1) is 0 Å². The molecule has 1 saturated heterocycles. The molecular formula is C8H16O4. The molecule has 0 aliphatic carbocycles. The van der Waals surface area contributed by atoms with Crippen molar-refractivity contribution in [3.63, 3.8) is 0 Å². The molecule has 0 radical (unpaired) electrons. The van der Waals surface area contributed by atoms with E-state index in [0.29, 0.717) is 13.0 Å². The van der Waals surface area contributed by atoms with Crippen LogP contribution >= 0.6 is 0 Å². The first-order valence-electron chi connectivity index (χ1n) is 4.25. The van der Waals surface area contributed by atoms with Crippen LogP contribution in [0.25, 0.3) is 0 Å². The molecule has 0 aromatic carbocycles. The summed E-state index contributed by atoms with van der Waals surface area (Å²) in [6.45, 7) is 3.80. The van der Waals surface area contributed by atoms with Gasteiger partial charge in [-0.05, 0) is 6.92 Å². The number of hydrogen-bond donors (Lipinski definition) is 2. The molecule has 3 atom stereocenters. The van der Waals surface area contributed by atoms with Crippen molar-refractivity contribution in [2.45, 2.75) is 38.3 Å². The SMILES string of the molecule is CC[C@]1(C(C)O)OC[C@@H](CO)O1. The van der Waals surface area contributed by atoms with Crippen LogP contribution in [-0.2, 0) is 9.47 Å². The minimum Gasteiger partial charge on any atom is -0.394 e. The minimum atomic E-state index is -0.895. The van der Waals surface area contributed by atoms with Crippen molar-refractivity contribution in [2.24, 2.45) is 0 Å². The van der Waals surface area contributed by atoms with Gasteiger partial charge in [-0.3, -0.25) is 0 Å². The van der Waals surface area contributed by atoms with Gasteiger partial charge in [-0.1, -0.05) is 6.92 Å². The number of aliphatic hydroxyl groups is 2. The Hall–Kier alpha value is -0.160. The molecular weight excluding hydrogens is 160 g/mol. The molecule has 0 aromatic rings. The van der Waals surface area contributed by atoms with Crippen molar-refractivity contribution in [2.75, 3.05) is 13.2 Å². The molecule has 0 aromatic heterocycles. The van der Waals surface area contributed by atoms with E-state index in [0.717, 1.165) is 0 Å². The van der Waals surface area contributed by atoms with Gasteiger partial charge in [0.25, 0.3) is 0 Å². The number of ether oxygens (including phenoxy) is 2. The van der Waals surface area contributed by atoms with E-state index in [9.17, 15) is 5.11 Å². The summed E-state index contributed by atoms with van der Waals surface area (Å²) in [7, 11) is 0. The molecule has 0 saturated carbocycles. The molecule has 0 amide bonds. The van der Waals surface area contributed by atoms with Crippen molar-refractivity contribution in [3.8, 4) is 0 Å². The molecule has 1 fully saturated rings. The first-order chi connectivity index (χ1) is 5.64. The first kappa shape index (κ1) is 9.92. The Bertz CT molecular complexity index is 148. The van der Waals surface area contributed by atoms with Crippen LogP contribution in [0.5, 0.6) is 0 Å². The highest BCUT2D eigenvalue weighted by atomic mass is 16.8. The van der Waals surface area contributed by atoms with Crippen LogP contribution in [0.4, 0.5) is 0 Å². The zero-order valence-electron chi connectivity index (χ0n) is 7.49. The molecule has 1 aliphatic heterocycles. The third kappa shape index (κ3) is 1.61. The molecule has 2 N–H and O–H groups in total. The minimum absolute atomic E-state index is 0.0610. The van der Waals surface area contributed by atoms with Crippen molar-refractivity contribution in [3.05, 3.63) is 0 Å². The average molecular weight is 176 g/mol. The summed E-state index contributed by atoms with van der Waals surface area (Å²) in [4.78, 5) is 0. The second-order valence-corrected chi connectivity index (χ2v) is 3.07. The van der Waals surface area contributed by atoms with Crippen LogP contribution < -0.4 is 0 Å². The Morgan fingerprint density at radius 2 is 2.33 bits per heavy atom. The number of hydrogen-bond acceptors (Lipinski definition) is 4. The average Bonchev–Trinajstić information content (AvgIpc) is 2.48. The van der Waals surface area contributed by atoms with E-state index in [2.05, 4.69) is 0 Å². The summed E-state index contributed by atoms with van der Waals surface area (Å²) in [6.07, 6.45) is -0.375. The van der Waals surface area contributed by atoms with Gasteiger partial charge in [0.05, 0.1) is 13.2 Å². The third-order valence-electron chi connectivity index (χ3n) is 2.21. The fraction of sp³-hybridized carbons (Fsp3) is 1.00. The summed E-state index contributed by atoms with van der Waals surface area (Å²) in [6, 6.07) is 0. The van der Waals surface area contributed by atoms with Crippen molar-refractivity contribution < 1.29 is 19.7 Å². The predicted octanol–water partition coefficient (Wildman–Crippen LogP) is -0.119. The maximum Gasteiger partial charge on any atom is 0.194 e. The van der Waals surface area contributed by atoms with Gasteiger partial charge in [0.15, 0.2) is 5.79 Å². The standard InChI is InChI=1S/C8H16O4/c1-3-8(6(2)10)11-5-7(4-9)12-8/h6-7,9-10H,3-5H2,1-2H3/t6?,7-,8+/m1/s1. The van der Waals surface area contributed by atoms with Gasteiger partial charge in [-0.2, -0.15) is 0 Å². The summed E-state index contributed by atoms with van der Waals surface area (Å²) < 4.78 is 10.7. The molecule has 1 rings (SSSR count). The van der Waals surface area contributed by atoms with Gasteiger partial charge < -0.3 is 19.7 Å². The Kier molecular flexibility index (Phi) is 3.06. The van der Waals surface area contributed by atoms with E-state index in [1.54, 1.807) is 6.92 Å². The van der Waals surface area contributed by atoms with Gasteiger partial charge in [-0.25, -0.2) is 0 Å². The van der Waals surface area contributed by atoms with E-state index in [1.165, 1.54) is 0 Å². The maximum atomic E-state index is 9.38. The molecule has 0 spiro atoms. The molecule has 72 valence electrons. The van der Waals surface area contributed by atoms with Gasteiger partial charge >= 0.3 is 0 Å². The second-order valence-electron chi connectivity index (χ2n) is 3.07. The van der Waals surface area contributed by atoms with E-state index in [-0.39, 0.29) is 12.7 Å². The molecule has 12 heavy (non-hydrogen) atoms. The lowest BCUT2D eigenvalue weighted by molar-refractivity contribution is -0.226. The summed E-state index contributed by atoms with van der Waals surface area (Å²) in [5.41, 5.74) is 0. The highest BCUT2D eigenvalue weighted by Gasteiger charge is 2.43. The molecule has 4 nitrogen and oxygen atoms in total. The smallest absolute Gasteiger partial charge is 0.194 e. The maximum absolute atomic E-state index is 9.38. The van der Waals surface area contributed by atoms with Gasteiger partial charge in [0.1, 0.15) is 12.2 Å². The summed E-state index contributed by atoms with van der Waals surface area (Å²) in [5.74, 6) is -0.895. The van der Waals surface area contributed by atoms with Gasteiger partial charge in [0.2, 0.25) is 0 Å². The fourth-order valence-corrected chi connectivity index (χ4v) is 1.37. The highest BCUT2D eigenvalue weighted by molar-refractivity contribution is 4.82. The summed E-state index contributed by atoms with van der Waals surface area (Å²) >= 11 is 0. The molecule has 1 aliphatic rings. The quantitative estimate of drug-likeness (QED) is 0.629. The molecule has 1 heterocycles. The van der Waals surface area contributed by atoms with Crippen LogP contribution in [-0.4, -0.2) is 41.4 Å². The molecule has 1 unspecified atom stereocenters. The van der Waals surface area contributed by atoms with Crippen LogP contribution in [0.3, 0.4) is 0 Å². The van der Waals surface area contributed by atoms with E-state index in [4.69, 9.17) is 14.6 Å². The van der Waals surface area contributed by atoms with Gasteiger partial charge in [0, 0.05) is 6.42 Å². The monoisotopic (exact) mass is 176 g/mol. The van der Waals surface area contributed by atoms with E-state index >= 15 is 0 Å². The predicted molar refractivity (Wildman–Crippen MR) is 42.6 cm³/mol. The fourth-order valence-electron chi connectivity index (χ4n) is 1.37. The lowest BCUT2D eigenvalue weighted by atomic mass is 10.1. The van der Waals surface area contributed by atoms with Crippen LogP contribution in [0.1, 0.15) is 20.3 Å². The lowest BCUT2D eigenvalue weighted by Gasteiger charge is -2.29. The van der Waals surface area contributed by atoms with Crippen LogP contribution in [0.15, 0.2) is 0 Å².